The van der Waals surface area contributed by atoms with Crippen LogP contribution in [0.3, 0.4) is 0 Å². The second-order valence-electron chi connectivity index (χ2n) is 8.22. The van der Waals surface area contributed by atoms with Gasteiger partial charge >= 0.3 is 6.03 Å². The Balaban J connectivity index is 2.02. The number of nitrogens with one attached hydrogen (secondary N) is 1. The molecule has 9 nitrogen and oxygen atoms in total. The van der Waals surface area contributed by atoms with Crippen molar-refractivity contribution in [3.63, 3.8) is 0 Å². The second-order valence-corrected chi connectivity index (χ2v) is 11.3. The molecule has 1 atom stereocenters. The molecule has 164 valence electrons. The van der Waals surface area contributed by atoms with Gasteiger partial charge in [0.25, 0.3) is 5.56 Å². The Labute approximate surface area is 179 Å². The lowest BCUT2D eigenvalue weighted by atomic mass is 9.98. The summed E-state index contributed by atoms with van der Waals surface area (Å²) in [7, 11) is -1.82. The van der Waals surface area contributed by atoms with Crippen molar-refractivity contribution in [3.8, 4) is 0 Å². The van der Waals surface area contributed by atoms with Crippen LogP contribution in [0, 0.1) is 0 Å². The third-order valence-electron chi connectivity index (χ3n) is 5.02. The van der Waals surface area contributed by atoms with Gasteiger partial charge in [-0.05, 0) is 44.6 Å². The van der Waals surface area contributed by atoms with Crippen LogP contribution in [-0.4, -0.2) is 24.9 Å². The molecule has 0 spiro atoms. The number of carbonyl (C=O) groups excluding carboxylic acids is 1. The van der Waals surface area contributed by atoms with Gasteiger partial charge in [-0.1, -0.05) is 13.8 Å². The topological polar surface area (TPSA) is 140 Å². The summed E-state index contributed by atoms with van der Waals surface area (Å²) in [6.07, 6.45) is 3.64. The van der Waals surface area contributed by atoms with Gasteiger partial charge in [-0.25, -0.2) is 19.1 Å². The van der Waals surface area contributed by atoms with Crippen molar-refractivity contribution in [3.05, 3.63) is 38.4 Å². The van der Waals surface area contributed by atoms with E-state index in [2.05, 4.69) is 14.7 Å². The molecule has 0 saturated heterocycles. The first-order valence-electron chi connectivity index (χ1n) is 9.62. The number of hydrogen-bond acceptors (Lipinski definition) is 6. The number of aromatic nitrogens is 2. The van der Waals surface area contributed by atoms with Crippen LogP contribution in [0.4, 0.5) is 10.5 Å². The molecule has 1 unspecified atom stereocenters. The molecule has 0 saturated carbocycles. The number of aliphatic hydroxyl groups is 1. The Morgan fingerprint density at radius 3 is 2.67 bits per heavy atom. The molecule has 1 aliphatic carbocycles. The molecule has 0 radical (unpaired) electrons. The summed E-state index contributed by atoms with van der Waals surface area (Å²) in [5.41, 5.74) is 1.36. The van der Waals surface area contributed by atoms with E-state index in [0.717, 1.165) is 41.9 Å². The lowest BCUT2D eigenvalue weighted by Gasteiger charge is -2.19. The van der Waals surface area contributed by atoms with E-state index in [-0.39, 0.29) is 15.7 Å². The number of fused-ring (bicyclic) bond motifs is 1. The first-order chi connectivity index (χ1) is 13.8. The highest BCUT2D eigenvalue weighted by molar-refractivity contribution is 7.93. The van der Waals surface area contributed by atoms with E-state index in [9.17, 15) is 18.9 Å². The van der Waals surface area contributed by atoms with Crippen LogP contribution in [0.25, 0.3) is 0 Å². The number of hydrogen-bond donors (Lipinski definition) is 3. The first kappa shape index (κ1) is 22.6. The van der Waals surface area contributed by atoms with Crippen LogP contribution >= 0.6 is 11.3 Å². The molecule has 0 aliphatic heterocycles. The van der Waals surface area contributed by atoms with E-state index in [0.29, 0.717) is 16.3 Å². The van der Waals surface area contributed by atoms with Crippen molar-refractivity contribution in [2.75, 3.05) is 5.32 Å². The van der Waals surface area contributed by atoms with Gasteiger partial charge in [0.15, 0.2) is 9.92 Å². The lowest BCUT2D eigenvalue weighted by molar-refractivity contribution is 0.0783. The highest BCUT2D eigenvalue weighted by Gasteiger charge is 2.27. The van der Waals surface area contributed by atoms with E-state index in [1.807, 2.05) is 13.8 Å². The number of amides is 2. The highest BCUT2D eigenvalue weighted by Crippen LogP contribution is 2.33. The summed E-state index contributed by atoms with van der Waals surface area (Å²) in [5, 5.41) is 18.9. The monoisotopic (exact) mass is 453 g/mol. The quantitative estimate of drug-likeness (QED) is 0.653. The van der Waals surface area contributed by atoms with Crippen LogP contribution in [0.15, 0.2) is 19.6 Å². The predicted molar refractivity (Wildman–Crippen MR) is 117 cm³/mol. The number of thiazole rings is 1. The average molecular weight is 454 g/mol. The molecule has 30 heavy (non-hydrogen) atoms. The fourth-order valence-electron chi connectivity index (χ4n) is 3.59. The van der Waals surface area contributed by atoms with Gasteiger partial charge < -0.3 is 15.0 Å². The molecule has 0 fully saturated rings. The molecule has 0 aromatic carbocycles. The standard InChI is InChI=1S/C19H27N5O4S2/c1-10(2)14-15(11-7-6-8-12(11)24(5)16(14)25)22-18(26)23-30(20,28)13-9-21-17(29-13)19(3,4)27/h9-10,27H,6-8H2,1-5H3,(H3,20,22,23,26,28). The summed E-state index contributed by atoms with van der Waals surface area (Å²) < 4.78 is 18.3. The van der Waals surface area contributed by atoms with Crippen molar-refractivity contribution in [2.45, 2.75) is 62.7 Å². The molecule has 2 aromatic rings. The van der Waals surface area contributed by atoms with Gasteiger partial charge in [0.1, 0.15) is 14.8 Å². The molecular formula is C19H27N5O4S2. The molecule has 2 aromatic heterocycles. The number of carbonyl (C=O) groups is 1. The number of rotatable bonds is 4. The van der Waals surface area contributed by atoms with E-state index < -0.39 is 21.5 Å². The normalized spacial score (nSPS) is 15.7. The molecular weight excluding hydrogens is 426 g/mol. The Kier molecular flexibility index (Phi) is 5.93. The zero-order valence-corrected chi connectivity index (χ0v) is 19.3. The summed E-state index contributed by atoms with van der Waals surface area (Å²) in [5.74, 6) is -0.122. The molecule has 3 rings (SSSR count). The maximum atomic E-state index is 12.9. The van der Waals surface area contributed by atoms with Crippen molar-refractivity contribution in [1.82, 2.24) is 9.55 Å². The van der Waals surface area contributed by atoms with Crippen LogP contribution in [0.5, 0.6) is 0 Å². The zero-order chi connectivity index (χ0) is 22.4. The number of nitrogens with zero attached hydrogens (tertiary/aromatic N) is 3. The molecule has 2 heterocycles. The maximum Gasteiger partial charge on any atom is 0.354 e. The minimum Gasteiger partial charge on any atom is -0.383 e. The van der Waals surface area contributed by atoms with Gasteiger partial charge in [-0.15, -0.1) is 15.7 Å². The molecule has 1 aliphatic rings. The fourth-order valence-corrected chi connectivity index (χ4v) is 5.66. The Morgan fingerprint density at radius 2 is 2.10 bits per heavy atom. The predicted octanol–water partition coefficient (Wildman–Crippen LogP) is 2.61. The first-order valence-corrected chi connectivity index (χ1v) is 12.0. The summed E-state index contributed by atoms with van der Waals surface area (Å²) >= 11 is 0.939. The van der Waals surface area contributed by atoms with Crippen molar-refractivity contribution in [2.24, 2.45) is 16.5 Å². The molecule has 2 amide bonds. The minimum atomic E-state index is -3.56. The van der Waals surface area contributed by atoms with Gasteiger partial charge in [0.2, 0.25) is 0 Å². The van der Waals surface area contributed by atoms with Gasteiger partial charge in [-0.2, -0.15) is 0 Å². The molecule has 11 heteroatoms. The summed E-state index contributed by atoms with van der Waals surface area (Å²) in [6.45, 7) is 6.85. The zero-order valence-electron chi connectivity index (χ0n) is 17.7. The number of nitrogens with two attached hydrogens (primary N) is 1. The summed E-state index contributed by atoms with van der Waals surface area (Å²) in [6, 6.07) is -0.884. The Morgan fingerprint density at radius 1 is 1.43 bits per heavy atom. The highest BCUT2D eigenvalue weighted by atomic mass is 32.2. The SMILES string of the molecule is CC(C)c1c(NC(=O)N=S(N)(=O)c2cnc(C(C)(C)O)s2)c2c(n(C)c1=O)CCC2. The third-order valence-corrected chi connectivity index (χ3v) is 8.21. The number of anilines is 1. The van der Waals surface area contributed by atoms with Crippen LogP contribution in [0.1, 0.15) is 61.9 Å². The molecule has 4 N–H and O–H groups in total. The lowest BCUT2D eigenvalue weighted by Crippen LogP contribution is -2.28. The Hall–Kier alpha value is -2.08. The maximum absolute atomic E-state index is 12.9. The largest absolute Gasteiger partial charge is 0.383 e. The van der Waals surface area contributed by atoms with Gasteiger partial charge in [0, 0.05) is 18.3 Å². The van der Waals surface area contributed by atoms with Crippen molar-refractivity contribution >= 4 is 33.0 Å². The van der Waals surface area contributed by atoms with E-state index in [1.54, 1.807) is 25.5 Å². The van der Waals surface area contributed by atoms with Crippen LogP contribution < -0.4 is 16.0 Å². The minimum absolute atomic E-state index is 0.0908. The fraction of sp³-hybridized carbons (Fsp3) is 0.526. The average Bonchev–Trinajstić information content (AvgIpc) is 3.28. The summed E-state index contributed by atoms with van der Waals surface area (Å²) in [4.78, 5) is 29.5. The second kappa shape index (κ2) is 7.88. The van der Waals surface area contributed by atoms with E-state index in [4.69, 9.17) is 5.14 Å². The Bertz CT molecular complexity index is 1180. The smallest absolute Gasteiger partial charge is 0.354 e. The third kappa shape index (κ3) is 4.20. The van der Waals surface area contributed by atoms with Gasteiger partial charge in [-0.3, -0.25) is 4.79 Å². The number of pyridine rings is 1. The van der Waals surface area contributed by atoms with E-state index in [1.165, 1.54) is 6.20 Å². The van der Waals surface area contributed by atoms with Crippen LogP contribution in [0.2, 0.25) is 0 Å². The van der Waals surface area contributed by atoms with Crippen LogP contribution in [-0.2, 0) is 35.4 Å². The van der Waals surface area contributed by atoms with E-state index >= 15 is 0 Å². The number of urea groups is 1. The molecule has 0 bridgehead atoms. The van der Waals surface area contributed by atoms with Gasteiger partial charge in [0.05, 0.1) is 11.9 Å². The van der Waals surface area contributed by atoms with Crippen molar-refractivity contribution in [1.29, 1.82) is 0 Å². The van der Waals surface area contributed by atoms with Crippen molar-refractivity contribution < 1.29 is 14.1 Å².